The van der Waals surface area contributed by atoms with Crippen LogP contribution >= 0.6 is 47.2 Å². The van der Waals surface area contributed by atoms with E-state index in [1.54, 1.807) is 6.07 Å². The van der Waals surface area contributed by atoms with Crippen LogP contribution in [0, 0.1) is 5.92 Å². The van der Waals surface area contributed by atoms with Crippen molar-refractivity contribution in [2.24, 2.45) is 5.92 Å². The molecule has 1 aliphatic heterocycles. The summed E-state index contributed by atoms with van der Waals surface area (Å²) in [5.74, 6) is -0.506. The lowest BCUT2D eigenvalue weighted by molar-refractivity contribution is 0.0586. The number of benzene rings is 1. The first-order chi connectivity index (χ1) is 13.0. The normalized spacial score (nSPS) is 20.2. The fourth-order valence-corrected chi connectivity index (χ4v) is 5.55. The van der Waals surface area contributed by atoms with Crippen molar-refractivity contribution in [3.8, 4) is 5.69 Å². The molecule has 1 saturated heterocycles. The summed E-state index contributed by atoms with van der Waals surface area (Å²) in [4.78, 5) is 27.7. The van der Waals surface area contributed by atoms with Crippen LogP contribution in [-0.4, -0.2) is 29.3 Å². The Kier molecular flexibility index (Phi) is 5.80. The van der Waals surface area contributed by atoms with Gasteiger partial charge in [-0.15, -0.1) is 4.74 Å². The second-order valence-electron chi connectivity index (χ2n) is 7.64. The van der Waals surface area contributed by atoms with E-state index >= 15 is 0 Å². The molecular weight excluding hydrogens is 441 g/mol. The fraction of sp³-hybridized carbons (Fsp3) is 0.500. The van der Waals surface area contributed by atoms with Crippen molar-refractivity contribution < 1.29 is 4.52 Å². The molecule has 0 spiro atoms. The van der Waals surface area contributed by atoms with Gasteiger partial charge in [-0.3, -0.25) is 0 Å². The predicted octanol–water partition coefficient (Wildman–Crippen LogP) is 4.55. The molecule has 152 valence electrons. The zero-order valence-electron chi connectivity index (χ0n) is 16.1. The molecule has 6 nitrogen and oxygen atoms in total. The van der Waals surface area contributed by atoms with Gasteiger partial charge >= 0.3 is 11.4 Å². The number of hydrogen-bond donors (Lipinski definition) is 0. The molecule has 1 aromatic carbocycles. The smallest absolute Gasteiger partial charge is 0.330 e. The second kappa shape index (κ2) is 7.55. The maximum Gasteiger partial charge on any atom is 0.447 e. The van der Waals surface area contributed by atoms with Crippen LogP contribution in [0.2, 0.25) is 10.0 Å². The van der Waals surface area contributed by atoms with Gasteiger partial charge in [0.1, 0.15) is 4.32 Å². The van der Waals surface area contributed by atoms with Crippen molar-refractivity contribution in [2.45, 2.75) is 51.6 Å². The molecule has 10 heteroatoms. The van der Waals surface area contributed by atoms with Crippen LogP contribution in [0.3, 0.4) is 0 Å². The van der Waals surface area contributed by atoms with Crippen molar-refractivity contribution in [3.63, 3.8) is 0 Å². The molecule has 0 amide bonds. The molecule has 28 heavy (non-hydrogen) atoms. The van der Waals surface area contributed by atoms with E-state index in [9.17, 15) is 9.59 Å². The number of nitrogens with zero attached hydrogens (tertiary/aromatic N) is 3. The van der Waals surface area contributed by atoms with E-state index < -0.39 is 22.4 Å². The van der Waals surface area contributed by atoms with E-state index in [-0.39, 0.29) is 17.0 Å². The molecule has 0 aliphatic carbocycles. The summed E-state index contributed by atoms with van der Waals surface area (Å²) in [6, 6.07) is 4.59. The van der Waals surface area contributed by atoms with Gasteiger partial charge in [-0.1, -0.05) is 61.0 Å². The molecule has 0 radical (unpaired) electrons. The predicted molar refractivity (Wildman–Crippen MR) is 118 cm³/mol. The number of aromatic nitrogens is 2. The Bertz CT molecular complexity index is 1040. The first kappa shape index (κ1) is 21.5. The minimum atomic E-state index is -0.792. The summed E-state index contributed by atoms with van der Waals surface area (Å²) in [6.07, 6.45) is -0.536. The summed E-state index contributed by atoms with van der Waals surface area (Å²) < 4.78 is 7.69. The van der Waals surface area contributed by atoms with Crippen molar-refractivity contribution in [2.75, 3.05) is 0 Å². The molecule has 1 aliphatic rings. The first-order valence-corrected chi connectivity index (χ1v) is 10.8. The highest BCUT2D eigenvalue weighted by Gasteiger charge is 2.50. The summed E-state index contributed by atoms with van der Waals surface area (Å²) >= 11 is 19.1. The van der Waals surface area contributed by atoms with Gasteiger partial charge in [-0.25, -0.2) is 9.59 Å². The zero-order valence-corrected chi connectivity index (χ0v) is 19.2. The van der Waals surface area contributed by atoms with Crippen molar-refractivity contribution in [3.05, 3.63) is 49.3 Å². The van der Waals surface area contributed by atoms with Gasteiger partial charge in [0.15, 0.2) is 6.17 Å². The Labute approximate surface area is 182 Å². The average molecular weight is 462 g/mol. The first-order valence-electron chi connectivity index (χ1n) is 8.77. The van der Waals surface area contributed by atoms with Gasteiger partial charge in [0.05, 0.1) is 20.5 Å². The summed E-state index contributed by atoms with van der Waals surface area (Å²) in [5.41, 5.74) is -0.297. The molecule has 2 aromatic rings. The lowest BCUT2D eigenvalue weighted by Gasteiger charge is -2.36. The molecular formula is C18H21Cl2N3O3S2. The molecule has 0 N–H and O–H groups in total. The van der Waals surface area contributed by atoms with Crippen LogP contribution in [0.25, 0.3) is 5.69 Å². The van der Waals surface area contributed by atoms with Gasteiger partial charge in [-0.05, 0) is 44.9 Å². The Balaban J connectivity index is 2.18. The number of rotatable bonds is 4. The Hall–Kier alpha value is -1.22. The minimum Gasteiger partial charge on any atom is -0.330 e. The molecule has 1 fully saturated rings. The van der Waals surface area contributed by atoms with E-state index in [0.717, 1.165) is 9.31 Å². The van der Waals surface area contributed by atoms with Gasteiger partial charge in [0.25, 0.3) is 0 Å². The van der Waals surface area contributed by atoms with Crippen LogP contribution in [0.15, 0.2) is 32.3 Å². The number of thioether (sulfide) groups is 1. The van der Waals surface area contributed by atoms with Crippen molar-refractivity contribution in [1.82, 2.24) is 14.2 Å². The maximum atomic E-state index is 13.2. The molecule has 2 heterocycles. The molecule has 0 saturated carbocycles. The monoisotopic (exact) mass is 461 g/mol. The minimum absolute atomic E-state index is 0.0531. The summed E-state index contributed by atoms with van der Waals surface area (Å²) in [5, 5.41) is 0.573. The summed E-state index contributed by atoms with van der Waals surface area (Å²) in [7, 11) is 0. The van der Waals surface area contributed by atoms with Crippen molar-refractivity contribution in [1.29, 1.82) is 0 Å². The second-order valence-corrected chi connectivity index (χ2v) is 10.7. The number of halogens is 2. The van der Waals surface area contributed by atoms with Gasteiger partial charge in [-0.2, -0.15) is 4.57 Å². The average Bonchev–Trinajstić information content (AvgIpc) is 3.00. The van der Waals surface area contributed by atoms with E-state index in [4.69, 9.17) is 39.9 Å². The lowest BCUT2D eigenvalue weighted by atomic mass is 10.0. The third-order valence-corrected chi connectivity index (χ3v) is 7.29. The van der Waals surface area contributed by atoms with E-state index in [1.807, 2.05) is 25.7 Å². The van der Waals surface area contributed by atoms with Gasteiger partial charge in [0.2, 0.25) is 0 Å². The molecule has 0 unspecified atom stereocenters. The third kappa shape index (κ3) is 3.56. The SMILES string of the molecule is CC(C)[C@@H](C)N1C(=S)SC(C)(C)[C@H]1n1oc(=O)n(-c2ccc(Cl)c(Cl)c2)c1=O. The van der Waals surface area contributed by atoms with Crippen LogP contribution < -0.4 is 11.4 Å². The van der Waals surface area contributed by atoms with Crippen LogP contribution in [-0.2, 0) is 0 Å². The lowest BCUT2D eigenvalue weighted by Crippen LogP contribution is -2.47. The van der Waals surface area contributed by atoms with E-state index in [2.05, 4.69) is 13.8 Å². The molecule has 2 atom stereocenters. The molecule has 0 bridgehead atoms. The number of hydrogen-bond acceptors (Lipinski definition) is 5. The van der Waals surface area contributed by atoms with E-state index in [0.29, 0.717) is 15.0 Å². The highest BCUT2D eigenvalue weighted by atomic mass is 35.5. The van der Waals surface area contributed by atoms with Crippen LogP contribution in [0.4, 0.5) is 0 Å². The van der Waals surface area contributed by atoms with Crippen molar-refractivity contribution >= 4 is 51.5 Å². The highest BCUT2D eigenvalue weighted by Crippen LogP contribution is 2.48. The number of thiocarbonyl (C=S) groups is 1. The Morgan fingerprint density at radius 3 is 2.39 bits per heavy atom. The fourth-order valence-electron chi connectivity index (χ4n) is 3.21. The maximum absolute atomic E-state index is 13.2. The topological polar surface area (TPSA) is 60.4 Å². The van der Waals surface area contributed by atoms with Gasteiger partial charge < -0.3 is 9.42 Å². The molecule has 1 aromatic heterocycles. The standard InChI is InChI=1S/C18H21Cl2N3O3S2/c1-9(2)10(3)21-14(18(4,5)28-17(21)27)23-15(24)22(16(25)26-23)11-6-7-12(19)13(20)8-11/h6-10,14H,1-5H3/t10-,14-/m1/s1. The third-order valence-electron chi connectivity index (χ3n) is 4.97. The van der Waals surface area contributed by atoms with Crippen LogP contribution in [0.1, 0.15) is 40.8 Å². The van der Waals surface area contributed by atoms with Gasteiger partial charge in [0, 0.05) is 6.04 Å². The quantitative estimate of drug-likeness (QED) is 0.622. The van der Waals surface area contributed by atoms with E-state index in [1.165, 1.54) is 23.9 Å². The largest absolute Gasteiger partial charge is 0.447 e. The molecule has 3 rings (SSSR count). The Morgan fingerprint density at radius 1 is 1.18 bits per heavy atom. The highest BCUT2D eigenvalue weighted by molar-refractivity contribution is 8.24. The Morgan fingerprint density at radius 2 is 1.82 bits per heavy atom. The summed E-state index contributed by atoms with van der Waals surface area (Å²) in [6.45, 7) is 10.2. The zero-order chi connectivity index (χ0) is 21.0. The van der Waals surface area contributed by atoms with Crippen LogP contribution in [0.5, 0.6) is 0 Å².